The molecule has 1 aromatic carbocycles. The van der Waals surface area contributed by atoms with Gasteiger partial charge >= 0.3 is 0 Å². The molecular weight excluding hydrogens is 256 g/mol. The summed E-state index contributed by atoms with van der Waals surface area (Å²) in [4.78, 5) is 0. The Morgan fingerprint density at radius 3 is 2.85 bits per heavy atom. The summed E-state index contributed by atoms with van der Waals surface area (Å²) in [6.45, 7) is 1.42. The van der Waals surface area contributed by atoms with Crippen molar-refractivity contribution in [1.29, 1.82) is 0 Å². The lowest BCUT2D eigenvalue weighted by atomic mass is 10.0. The number of rotatable bonds is 7. The Balaban J connectivity index is 1.95. The van der Waals surface area contributed by atoms with Crippen LogP contribution in [0.4, 0.5) is 0 Å². The van der Waals surface area contributed by atoms with Crippen LogP contribution in [0.25, 0.3) is 0 Å². The number of nitrogens with one attached hydrogen (secondary N) is 1. The van der Waals surface area contributed by atoms with Crippen molar-refractivity contribution in [3.8, 4) is 0 Å². The lowest BCUT2D eigenvalue weighted by molar-refractivity contribution is 0.315. The van der Waals surface area contributed by atoms with E-state index >= 15 is 0 Å². The summed E-state index contributed by atoms with van der Waals surface area (Å²) in [6.07, 6.45) is 3.89. The van der Waals surface area contributed by atoms with Crippen molar-refractivity contribution in [1.82, 2.24) is 20.3 Å². The van der Waals surface area contributed by atoms with E-state index in [1.807, 2.05) is 36.5 Å². The monoisotopic (exact) mass is 274 g/mol. The largest absolute Gasteiger partial charge is 0.409 e. The van der Waals surface area contributed by atoms with E-state index in [0.717, 1.165) is 5.56 Å². The number of oxime groups is 1. The van der Waals surface area contributed by atoms with Crippen molar-refractivity contribution >= 4 is 5.84 Å². The highest BCUT2D eigenvalue weighted by Gasteiger charge is 2.12. The maximum Gasteiger partial charge on any atom is 0.141 e. The molecule has 2 aromatic rings. The Morgan fingerprint density at radius 2 is 2.20 bits per heavy atom. The molecule has 1 heterocycles. The van der Waals surface area contributed by atoms with Crippen LogP contribution in [-0.4, -0.2) is 32.6 Å². The maximum atomic E-state index is 8.72. The fourth-order valence-corrected chi connectivity index (χ4v) is 1.95. The van der Waals surface area contributed by atoms with Crippen LogP contribution in [0, 0.1) is 0 Å². The molecule has 0 saturated heterocycles. The molecular formula is C13H18N6O. The van der Waals surface area contributed by atoms with Gasteiger partial charge in [-0.15, -0.1) is 5.10 Å². The molecule has 1 atom stereocenters. The zero-order chi connectivity index (χ0) is 14.2. The molecule has 7 heteroatoms. The zero-order valence-electron chi connectivity index (χ0n) is 11.1. The van der Waals surface area contributed by atoms with E-state index in [2.05, 4.69) is 20.8 Å². The van der Waals surface area contributed by atoms with Crippen molar-refractivity contribution in [3.63, 3.8) is 0 Å². The van der Waals surface area contributed by atoms with Gasteiger partial charge in [-0.3, -0.25) is 4.68 Å². The minimum Gasteiger partial charge on any atom is -0.409 e. The lowest BCUT2D eigenvalue weighted by Gasteiger charge is -2.18. The number of nitrogens with zero attached hydrogens (tertiary/aromatic N) is 4. The molecule has 4 N–H and O–H groups in total. The van der Waals surface area contributed by atoms with Gasteiger partial charge in [0.1, 0.15) is 5.84 Å². The van der Waals surface area contributed by atoms with E-state index < -0.39 is 0 Å². The molecule has 1 unspecified atom stereocenters. The molecule has 7 nitrogen and oxygen atoms in total. The topological polar surface area (TPSA) is 101 Å². The first-order valence-corrected chi connectivity index (χ1v) is 6.38. The SMILES string of the molecule is N/C(CC(NCCn1ccnn1)c1ccccc1)=N/O. The number of amidine groups is 1. The third-order valence-electron chi connectivity index (χ3n) is 2.95. The number of hydrogen-bond donors (Lipinski definition) is 3. The second-order valence-electron chi connectivity index (χ2n) is 4.38. The highest BCUT2D eigenvalue weighted by atomic mass is 16.4. The zero-order valence-corrected chi connectivity index (χ0v) is 11.1. The summed E-state index contributed by atoms with van der Waals surface area (Å²) in [5, 5.41) is 22.8. The lowest BCUT2D eigenvalue weighted by Crippen LogP contribution is -2.29. The summed E-state index contributed by atoms with van der Waals surface area (Å²) >= 11 is 0. The number of hydrogen-bond acceptors (Lipinski definition) is 5. The van der Waals surface area contributed by atoms with Gasteiger partial charge in [-0.2, -0.15) is 0 Å². The molecule has 2 rings (SSSR count). The second-order valence-corrected chi connectivity index (χ2v) is 4.38. The van der Waals surface area contributed by atoms with Gasteiger partial charge in [-0.05, 0) is 5.56 Å². The molecule has 20 heavy (non-hydrogen) atoms. The Morgan fingerprint density at radius 1 is 1.40 bits per heavy atom. The van der Waals surface area contributed by atoms with Crippen molar-refractivity contribution in [3.05, 3.63) is 48.3 Å². The van der Waals surface area contributed by atoms with E-state index in [9.17, 15) is 0 Å². The van der Waals surface area contributed by atoms with E-state index in [0.29, 0.717) is 19.5 Å². The normalized spacial score (nSPS) is 13.3. The molecule has 0 aliphatic carbocycles. The molecule has 0 aliphatic heterocycles. The molecule has 106 valence electrons. The third-order valence-corrected chi connectivity index (χ3v) is 2.95. The average Bonchev–Trinajstić information content (AvgIpc) is 3.00. The summed E-state index contributed by atoms with van der Waals surface area (Å²) in [7, 11) is 0. The number of benzene rings is 1. The van der Waals surface area contributed by atoms with E-state index in [1.54, 1.807) is 10.9 Å². The second kappa shape index (κ2) is 7.25. The smallest absolute Gasteiger partial charge is 0.141 e. The van der Waals surface area contributed by atoms with Crippen LogP contribution >= 0.6 is 0 Å². The first-order chi connectivity index (χ1) is 9.79. The quantitative estimate of drug-likeness (QED) is 0.299. The molecule has 0 fully saturated rings. The summed E-state index contributed by atoms with van der Waals surface area (Å²) in [5.74, 6) is 0.201. The van der Waals surface area contributed by atoms with Gasteiger partial charge in [0.05, 0.1) is 12.7 Å². The van der Waals surface area contributed by atoms with Gasteiger partial charge in [0.15, 0.2) is 0 Å². The number of aromatic nitrogens is 3. The van der Waals surface area contributed by atoms with Crippen molar-refractivity contribution in [2.75, 3.05) is 6.54 Å². The first kappa shape index (κ1) is 14.0. The third kappa shape index (κ3) is 4.06. The summed E-state index contributed by atoms with van der Waals surface area (Å²) in [5.41, 5.74) is 6.71. The van der Waals surface area contributed by atoms with Crippen molar-refractivity contribution < 1.29 is 5.21 Å². The predicted molar refractivity (Wildman–Crippen MR) is 75.2 cm³/mol. The molecule has 0 bridgehead atoms. The fraction of sp³-hybridized carbons (Fsp3) is 0.308. The molecule has 0 amide bonds. The highest BCUT2D eigenvalue weighted by Crippen LogP contribution is 2.16. The van der Waals surface area contributed by atoms with Crippen LogP contribution in [0.1, 0.15) is 18.0 Å². The molecule has 0 saturated carbocycles. The van der Waals surface area contributed by atoms with Crippen LogP contribution in [0.15, 0.2) is 47.9 Å². The fourth-order valence-electron chi connectivity index (χ4n) is 1.95. The Bertz CT molecular complexity index is 525. The van der Waals surface area contributed by atoms with Crippen LogP contribution in [0.2, 0.25) is 0 Å². The molecule has 0 aliphatic rings. The van der Waals surface area contributed by atoms with Gasteiger partial charge in [0.25, 0.3) is 0 Å². The molecule has 1 aromatic heterocycles. The average molecular weight is 274 g/mol. The van der Waals surface area contributed by atoms with E-state index in [1.165, 1.54) is 0 Å². The minimum atomic E-state index is -0.00405. The van der Waals surface area contributed by atoms with E-state index in [-0.39, 0.29) is 11.9 Å². The Kier molecular flexibility index (Phi) is 5.08. The van der Waals surface area contributed by atoms with Crippen LogP contribution < -0.4 is 11.1 Å². The number of nitrogens with two attached hydrogens (primary N) is 1. The molecule has 0 radical (unpaired) electrons. The highest BCUT2D eigenvalue weighted by molar-refractivity contribution is 5.80. The predicted octanol–water partition coefficient (Wildman–Crippen LogP) is 0.745. The van der Waals surface area contributed by atoms with Gasteiger partial charge in [0, 0.05) is 25.2 Å². The van der Waals surface area contributed by atoms with Gasteiger partial charge in [-0.25, -0.2) is 0 Å². The summed E-state index contributed by atoms with van der Waals surface area (Å²) in [6, 6.07) is 9.91. The van der Waals surface area contributed by atoms with Crippen LogP contribution in [0.5, 0.6) is 0 Å². The minimum absolute atomic E-state index is 0.00405. The Hall–Kier alpha value is -2.41. The van der Waals surface area contributed by atoms with Gasteiger partial charge in [-0.1, -0.05) is 40.7 Å². The van der Waals surface area contributed by atoms with Crippen LogP contribution in [-0.2, 0) is 6.54 Å². The van der Waals surface area contributed by atoms with Gasteiger partial charge < -0.3 is 16.3 Å². The van der Waals surface area contributed by atoms with Crippen molar-refractivity contribution in [2.45, 2.75) is 19.0 Å². The van der Waals surface area contributed by atoms with Gasteiger partial charge in [0.2, 0.25) is 0 Å². The summed E-state index contributed by atoms with van der Waals surface area (Å²) < 4.78 is 1.75. The Labute approximate surface area is 117 Å². The standard InChI is InChI=1S/C13H18N6O/c14-13(17-20)10-12(11-4-2-1-3-5-11)15-6-8-19-9-7-16-18-19/h1-5,7,9,12,15,20H,6,8,10H2,(H2,14,17). The maximum absolute atomic E-state index is 8.72. The first-order valence-electron chi connectivity index (χ1n) is 6.38. The van der Waals surface area contributed by atoms with E-state index in [4.69, 9.17) is 10.9 Å². The van der Waals surface area contributed by atoms with Crippen molar-refractivity contribution in [2.24, 2.45) is 10.9 Å². The molecule has 0 spiro atoms. The van der Waals surface area contributed by atoms with Crippen LogP contribution in [0.3, 0.4) is 0 Å².